The second kappa shape index (κ2) is 3.11. The second-order valence-electron chi connectivity index (χ2n) is 1.44. The van der Waals surface area contributed by atoms with E-state index in [1.54, 1.807) is 6.92 Å². The summed E-state index contributed by atoms with van der Waals surface area (Å²) in [6.07, 6.45) is 0.484. The Morgan fingerprint density at radius 1 is 1.62 bits per heavy atom. The quantitative estimate of drug-likeness (QED) is 0.576. The molecule has 0 saturated heterocycles. The molecule has 0 bridgehead atoms. The zero-order valence-electron chi connectivity index (χ0n) is 4.33. The van der Waals surface area contributed by atoms with E-state index in [0.717, 1.165) is 0 Å². The number of hydrogen-bond donors (Lipinski definition) is 0. The molecule has 0 fully saturated rings. The molecule has 4 heteroatoms. The van der Waals surface area contributed by atoms with Crippen molar-refractivity contribution in [3.63, 3.8) is 0 Å². The molecule has 0 aromatic heterocycles. The van der Waals surface area contributed by atoms with Crippen LogP contribution in [0.4, 0.5) is 0 Å². The van der Waals surface area contributed by atoms with Crippen molar-refractivity contribution >= 4 is 34.8 Å². The molecule has 0 aromatic rings. The Labute approximate surface area is 63.5 Å². The van der Waals surface area contributed by atoms with E-state index in [-0.39, 0.29) is 0 Å². The highest BCUT2D eigenvalue weighted by Crippen LogP contribution is 2.28. The van der Waals surface area contributed by atoms with Crippen LogP contribution in [0.3, 0.4) is 0 Å². The van der Waals surface area contributed by atoms with Crippen LogP contribution in [-0.4, -0.2) is 9.90 Å². The van der Waals surface area contributed by atoms with Gasteiger partial charge in [-0.15, -0.1) is 11.6 Å². The third-order valence-corrected chi connectivity index (χ3v) is 2.09. The van der Waals surface area contributed by atoms with E-state index in [1.165, 1.54) is 0 Å². The van der Waals surface area contributed by atoms with Gasteiger partial charge in [0, 0.05) is 0 Å². The molecule has 0 aliphatic heterocycles. The van der Waals surface area contributed by atoms with Crippen molar-refractivity contribution in [1.29, 1.82) is 0 Å². The molecule has 1 radical (unpaired) electrons. The Kier molecular flexibility index (Phi) is 3.44. The van der Waals surface area contributed by atoms with E-state index in [1.807, 2.05) is 0 Å². The van der Waals surface area contributed by atoms with Crippen LogP contribution in [0, 0.1) is 0 Å². The first-order valence-corrected chi connectivity index (χ1v) is 3.40. The van der Waals surface area contributed by atoms with Gasteiger partial charge in [-0.1, -0.05) is 30.1 Å². The molecule has 0 aliphatic carbocycles. The van der Waals surface area contributed by atoms with Crippen molar-refractivity contribution in [1.82, 2.24) is 0 Å². The van der Waals surface area contributed by atoms with Gasteiger partial charge in [-0.3, -0.25) is 0 Å². The summed E-state index contributed by atoms with van der Waals surface area (Å²) in [7, 11) is 0. The average molecular weight is 176 g/mol. The lowest BCUT2D eigenvalue weighted by Crippen LogP contribution is -2.22. The second-order valence-corrected chi connectivity index (χ2v) is 3.28. The van der Waals surface area contributed by atoms with Gasteiger partial charge >= 0.3 is 0 Å². The van der Waals surface area contributed by atoms with E-state index in [2.05, 4.69) is 0 Å². The highest BCUT2D eigenvalue weighted by molar-refractivity contribution is 6.50. The van der Waals surface area contributed by atoms with Crippen molar-refractivity contribution in [3.05, 3.63) is 0 Å². The van der Waals surface area contributed by atoms with Gasteiger partial charge in [-0.25, -0.2) is 0 Å². The van der Waals surface area contributed by atoms with Gasteiger partial charge in [0.1, 0.15) is 0 Å². The summed E-state index contributed by atoms with van der Waals surface area (Å²) in [4.78, 5) is 0. The fourth-order valence-corrected chi connectivity index (χ4v) is 0.546. The van der Waals surface area contributed by atoms with Gasteiger partial charge in [-0.05, 0) is 6.42 Å². The van der Waals surface area contributed by atoms with Gasteiger partial charge in [-0.2, -0.15) is 5.11 Å². The Balaban J connectivity index is 3.62. The Morgan fingerprint density at radius 3 is 2.00 bits per heavy atom. The summed E-state index contributed by atoms with van der Waals surface area (Å²) in [6.45, 7) is 1.75. The molecule has 1 nitrogen and oxygen atoms in total. The lowest BCUT2D eigenvalue weighted by Gasteiger charge is -2.13. The number of halogens is 3. The van der Waals surface area contributed by atoms with Gasteiger partial charge < -0.3 is 0 Å². The van der Waals surface area contributed by atoms with Crippen LogP contribution < -0.4 is 0 Å². The van der Waals surface area contributed by atoms with Crippen LogP contribution in [0.5, 0.6) is 0 Å². The summed E-state index contributed by atoms with van der Waals surface area (Å²) in [5, 5.41) is 9.73. The zero-order chi connectivity index (χ0) is 6.78. The Bertz CT molecular complexity index is 68.2. The molecule has 0 amide bonds. The summed E-state index contributed by atoms with van der Waals surface area (Å²) < 4.78 is -2.03. The first-order chi connectivity index (χ1) is 3.48. The third-order valence-electron chi connectivity index (χ3n) is 0.723. The van der Waals surface area contributed by atoms with Crippen molar-refractivity contribution in [2.24, 2.45) is 0 Å². The van der Waals surface area contributed by atoms with E-state index >= 15 is 0 Å². The zero-order valence-corrected chi connectivity index (χ0v) is 6.59. The summed E-state index contributed by atoms with van der Waals surface area (Å²) in [5.41, 5.74) is 0. The monoisotopic (exact) mass is 175 g/mol. The normalized spacial score (nSPS) is 16.1. The van der Waals surface area contributed by atoms with Gasteiger partial charge in [0.2, 0.25) is 0 Å². The number of rotatable bonds is 2. The maximum atomic E-state index is 10.4. The molecular weight excluding hydrogens is 170 g/mol. The molecule has 8 heavy (non-hydrogen) atoms. The van der Waals surface area contributed by atoms with E-state index in [0.29, 0.717) is 6.42 Å². The summed E-state index contributed by atoms with van der Waals surface area (Å²) >= 11 is 15.5. The van der Waals surface area contributed by atoms with Crippen LogP contribution in [0.1, 0.15) is 13.3 Å². The number of alkyl halides is 3. The van der Waals surface area contributed by atoms with Crippen molar-refractivity contribution in [3.8, 4) is 0 Å². The fourth-order valence-electron chi connectivity index (χ4n) is 0.238. The lowest BCUT2D eigenvalue weighted by molar-refractivity contribution is 0.116. The minimum atomic E-state index is -2.03. The maximum Gasteiger partial charge on any atom is 0.266 e. The smallest absolute Gasteiger partial charge is 0.192 e. The predicted octanol–water partition coefficient (Wildman–Crippen LogP) is 2.57. The van der Waals surface area contributed by atoms with Crippen molar-refractivity contribution in [2.75, 3.05) is 0 Å². The van der Waals surface area contributed by atoms with Crippen molar-refractivity contribution < 1.29 is 5.11 Å². The highest BCUT2D eigenvalue weighted by atomic mass is 35.5. The molecular formula is C4H6Cl3O. The van der Waals surface area contributed by atoms with Crippen LogP contribution in [0.2, 0.25) is 0 Å². The van der Waals surface area contributed by atoms with Crippen LogP contribution >= 0.6 is 34.8 Å². The van der Waals surface area contributed by atoms with Crippen LogP contribution in [0.25, 0.3) is 0 Å². The molecule has 0 N–H and O–H groups in total. The molecule has 1 atom stereocenters. The molecule has 49 valence electrons. The van der Waals surface area contributed by atoms with E-state index in [4.69, 9.17) is 34.8 Å². The Hall–Kier alpha value is 0.830. The lowest BCUT2D eigenvalue weighted by atomic mass is 10.3. The van der Waals surface area contributed by atoms with Crippen LogP contribution in [0.15, 0.2) is 0 Å². The molecule has 0 spiro atoms. The highest BCUT2D eigenvalue weighted by Gasteiger charge is 2.30. The fraction of sp³-hybridized carbons (Fsp3) is 1.00. The minimum absolute atomic E-state index is 0.484. The SMILES string of the molecule is CCC(Cl)C([O])(Cl)Cl. The van der Waals surface area contributed by atoms with Gasteiger partial charge in [0.25, 0.3) is 4.52 Å². The predicted molar refractivity (Wildman–Crippen MR) is 35.1 cm³/mol. The van der Waals surface area contributed by atoms with Crippen LogP contribution in [-0.2, 0) is 5.11 Å². The van der Waals surface area contributed by atoms with Gasteiger partial charge in [0.15, 0.2) is 0 Å². The van der Waals surface area contributed by atoms with E-state index < -0.39 is 9.90 Å². The number of hydrogen-bond acceptors (Lipinski definition) is 0. The summed E-state index contributed by atoms with van der Waals surface area (Å²) in [5.74, 6) is 0. The first kappa shape index (κ1) is 8.83. The maximum absolute atomic E-state index is 10.4. The molecule has 0 aromatic carbocycles. The molecule has 0 saturated carbocycles. The van der Waals surface area contributed by atoms with E-state index in [9.17, 15) is 5.11 Å². The Morgan fingerprint density at radius 2 is 2.00 bits per heavy atom. The third kappa shape index (κ3) is 2.98. The molecule has 1 unspecified atom stereocenters. The largest absolute Gasteiger partial charge is 0.266 e. The average Bonchev–Trinajstić information content (AvgIpc) is 1.62. The standard InChI is InChI=1S/C4H6Cl3O/c1-2-3(5)4(6,7)8/h3H,2H2,1H3. The first-order valence-electron chi connectivity index (χ1n) is 2.20. The molecule has 0 aliphatic rings. The molecule has 0 heterocycles. The van der Waals surface area contributed by atoms with Crippen molar-refractivity contribution in [2.45, 2.75) is 23.2 Å². The summed E-state index contributed by atoms with van der Waals surface area (Å²) in [6, 6.07) is 0. The molecule has 0 rings (SSSR count). The minimum Gasteiger partial charge on any atom is -0.192 e. The topological polar surface area (TPSA) is 19.9 Å². The van der Waals surface area contributed by atoms with Gasteiger partial charge in [0.05, 0.1) is 5.38 Å².